The molecule has 4 rings (SSSR count). The Morgan fingerprint density at radius 1 is 1.36 bits per heavy atom. The second-order valence-corrected chi connectivity index (χ2v) is 6.85. The number of primary amides is 1. The molecular formula is C14H18N6OS. The van der Waals surface area contributed by atoms with Gasteiger partial charge in [-0.3, -0.25) is 10.2 Å². The molecule has 2 aromatic rings. The summed E-state index contributed by atoms with van der Waals surface area (Å²) in [6.07, 6.45) is 4.54. The number of fused-ring (bicyclic) bond motifs is 2. The van der Waals surface area contributed by atoms with Crippen molar-refractivity contribution in [3.8, 4) is 0 Å². The van der Waals surface area contributed by atoms with Gasteiger partial charge in [-0.15, -0.1) is 11.3 Å². The molecule has 1 aliphatic heterocycles. The van der Waals surface area contributed by atoms with Crippen LogP contribution in [0.5, 0.6) is 0 Å². The number of hydrazine groups is 1. The number of anilines is 1. The van der Waals surface area contributed by atoms with E-state index < -0.39 is 0 Å². The molecule has 1 amide bonds. The Bertz CT molecular complexity index is 703. The third-order valence-electron chi connectivity index (χ3n) is 4.66. The minimum atomic E-state index is -0.291. The van der Waals surface area contributed by atoms with Crippen LogP contribution in [0.2, 0.25) is 0 Å². The number of nitrogens with zero attached hydrogens (tertiary/aromatic N) is 2. The highest BCUT2D eigenvalue weighted by molar-refractivity contribution is 7.16. The monoisotopic (exact) mass is 318 g/mol. The van der Waals surface area contributed by atoms with Gasteiger partial charge >= 0.3 is 0 Å². The molecule has 116 valence electrons. The van der Waals surface area contributed by atoms with Crippen LogP contribution in [0.25, 0.3) is 10.2 Å². The van der Waals surface area contributed by atoms with Crippen LogP contribution in [0.3, 0.4) is 0 Å². The van der Waals surface area contributed by atoms with Gasteiger partial charge in [0.05, 0.1) is 5.39 Å². The molecular weight excluding hydrogens is 300 g/mol. The van der Waals surface area contributed by atoms with Crippen LogP contribution in [-0.2, 0) is 4.79 Å². The smallest absolute Gasteiger partial charge is 0.236 e. The lowest BCUT2D eigenvalue weighted by atomic mass is 9.79. The van der Waals surface area contributed by atoms with E-state index in [4.69, 9.17) is 5.73 Å². The highest BCUT2D eigenvalue weighted by atomic mass is 32.1. The molecule has 3 heterocycles. The quantitative estimate of drug-likeness (QED) is 0.661. The summed E-state index contributed by atoms with van der Waals surface area (Å²) in [7, 11) is 0. The first-order valence-electron chi connectivity index (χ1n) is 7.47. The average molecular weight is 318 g/mol. The van der Waals surface area contributed by atoms with Crippen LogP contribution >= 0.6 is 11.3 Å². The number of carbonyl (C=O) groups excluding carboxylic acids is 1. The van der Waals surface area contributed by atoms with Crippen molar-refractivity contribution in [2.45, 2.75) is 37.4 Å². The molecule has 1 saturated heterocycles. The van der Waals surface area contributed by atoms with Crippen molar-refractivity contribution in [2.24, 2.45) is 11.7 Å². The summed E-state index contributed by atoms with van der Waals surface area (Å²) in [5, 5.41) is 6.61. The van der Waals surface area contributed by atoms with Crippen LogP contribution in [-0.4, -0.2) is 34.0 Å². The summed E-state index contributed by atoms with van der Waals surface area (Å²) < 4.78 is 0. The van der Waals surface area contributed by atoms with Crippen LogP contribution < -0.4 is 21.9 Å². The first-order valence-corrected chi connectivity index (χ1v) is 8.35. The fourth-order valence-electron chi connectivity index (χ4n) is 3.57. The number of thiophene rings is 1. The molecule has 4 atom stereocenters. The van der Waals surface area contributed by atoms with Gasteiger partial charge in [0.15, 0.2) is 0 Å². The van der Waals surface area contributed by atoms with Crippen molar-refractivity contribution in [3.05, 3.63) is 17.8 Å². The molecule has 2 aliphatic rings. The third kappa shape index (κ3) is 2.33. The molecule has 2 fully saturated rings. The number of rotatable bonds is 3. The molecule has 2 aromatic heterocycles. The summed E-state index contributed by atoms with van der Waals surface area (Å²) in [4.78, 5) is 21.2. The van der Waals surface area contributed by atoms with E-state index in [1.165, 1.54) is 0 Å². The molecule has 0 radical (unpaired) electrons. The van der Waals surface area contributed by atoms with E-state index in [2.05, 4.69) is 26.1 Å². The van der Waals surface area contributed by atoms with E-state index in [9.17, 15) is 4.79 Å². The summed E-state index contributed by atoms with van der Waals surface area (Å²) in [6.45, 7) is 0. The van der Waals surface area contributed by atoms with Crippen LogP contribution in [0.4, 0.5) is 5.82 Å². The lowest BCUT2D eigenvalue weighted by molar-refractivity contribution is -0.120. The molecule has 1 saturated carbocycles. The van der Waals surface area contributed by atoms with E-state index in [0.29, 0.717) is 12.1 Å². The van der Waals surface area contributed by atoms with Crippen molar-refractivity contribution in [1.29, 1.82) is 0 Å². The number of carbonyl (C=O) groups is 1. The van der Waals surface area contributed by atoms with Crippen molar-refractivity contribution >= 4 is 33.3 Å². The maximum atomic E-state index is 11.5. The van der Waals surface area contributed by atoms with Gasteiger partial charge in [0, 0.05) is 18.0 Å². The van der Waals surface area contributed by atoms with E-state index in [0.717, 1.165) is 35.3 Å². The molecule has 0 aromatic carbocycles. The Hall–Kier alpha value is -1.77. The van der Waals surface area contributed by atoms with Crippen molar-refractivity contribution < 1.29 is 4.79 Å². The van der Waals surface area contributed by atoms with Gasteiger partial charge < -0.3 is 11.1 Å². The predicted molar refractivity (Wildman–Crippen MR) is 85.2 cm³/mol. The molecule has 4 unspecified atom stereocenters. The largest absolute Gasteiger partial charge is 0.368 e. The molecule has 7 nitrogen and oxygen atoms in total. The highest BCUT2D eigenvalue weighted by Crippen LogP contribution is 2.33. The molecule has 0 bridgehead atoms. The minimum Gasteiger partial charge on any atom is -0.368 e. The fourth-order valence-corrected chi connectivity index (χ4v) is 4.30. The van der Waals surface area contributed by atoms with Crippen molar-refractivity contribution in [2.75, 3.05) is 5.32 Å². The lowest BCUT2D eigenvalue weighted by Crippen LogP contribution is -2.44. The first-order chi connectivity index (χ1) is 10.7. The highest BCUT2D eigenvalue weighted by Gasteiger charge is 2.42. The van der Waals surface area contributed by atoms with Crippen molar-refractivity contribution in [3.63, 3.8) is 0 Å². The van der Waals surface area contributed by atoms with E-state index >= 15 is 0 Å². The first kappa shape index (κ1) is 13.9. The predicted octanol–water partition coefficient (Wildman–Crippen LogP) is 0.602. The van der Waals surface area contributed by atoms with E-state index in [1.54, 1.807) is 17.7 Å². The summed E-state index contributed by atoms with van der Waals surface area (Å²) in [5.74, 6) is 0.815. The molecule has 5 N–H and O–H groups in total. The van der Waals surface area contributed by atoms with Crippen LogP contribution in [0.1, 0.15) is 19.3 Å². The summed E-state index contributed by atoms with van der Waals surface area (Å²) in [6, 6.07) is 2.37. The van der Waals surface area contributed by atoms with E-state index in [1.807, 2.05) is 11.4 Å². The molecule has 0 spiro atoms. The normalized spacial score (nSPS) is 31.1. The summed E-state index contributed by atoms with van der Waals surface area (Å²) >= 11 is 1.61. The number of hydrogen-bond donors (Lipinski definition) is 4. The molecule has 1 aliphatic carbocycles. The second kappa shape index (κ2) is 5.45. The van der Waals surface area contributed by atoms with Gasteiger partial charge in [0.25, 0.3) is 0 Å². The Morgan fingerprint density at radius 2 is 2.27 bits per heavy atom. The zero-order chi connectivity index (χ0) is 15.1. The molecule has 8 heteroatoms. The number of nitrogens with two attached hydrogens (primary N) is 1. The van der Waals surface area contributed by atoms with Crippen LogP contribution in [0, 0.1) is 5.92 Å². The Kier molecular flexibility index (Phi) is 3.44. The van der Waals surface area contributed by atoms with Gasteiger partial charge in [-0.1, -0.05) is 0 Å². The third-order valence-corrected chi connectivity index (χ3v) is 5.48. The fraction of sp³-hybridized carbons (Fsp3) is 0.500. The zero-order valence-corrected chi connectivity index (χ0v) is 12.8. The summed E-state index contributed by atoms with van der Waals surface area (Å²) in [5.41, 5.74) is 11.7. The average Bonchev–Trinajstić information content (AvgIpc) is 3.13. The number of hydrogen-bond acceptors (Lipinski definition) is 7. The lowest BCUT2D eigenvalue weighted by Gasteiger charge is -2.33. The maximum Gasteiger partial charge on any atom is 0.236 e. The molecule has 22 heavy (non-hydrogen) atoms. The van der Waals surface area contributed by atoms with Crippen molar-refractivity contribution in [1.82, 2.24) is 20.8 Å². The van der Waals surface area contributed by atoms with Gasteiger partial charge in [-0.05, 0) is 30.7 Å². The Balaban J connectivity index is 1.52. The topological polar surface area (TPSA) is 105 Å². The standard InChI is InChI=1S/C14H18N6OS/c15-12(21)11-9-5-7(1-2-10(9)19-20-11)18-13-8-3-4-22-14(8)17-6-16-13/h3-4,6-7,9-11,19-20H,1-2,5H2,(H2,15,21)(H,16,17,18). The minimum absolute atomic E-state index is 0.226. The second-order valence-electron chi connectivity index (χ2n) is 5.96. The van der Waals surface area contributed by atoms with Gasteiger partial charge in [-0.2, -0.15) is 0 Å². The number of nitrogens with one attached hydrogen (secondary N) is 3. The zero-order valence-electron chi connectivity index (χ0n) is 12.0. The van der Waals surface area contributed by atoms with Crippen LogP contribution in [0.15, 0.2) is 17.8 Å². The Morgan fingerprint density at radius 3 is 3.14 bits per heavy atom. The SMILES string of the molecule is NC(=O)C1NNC2CCC(Nc3ncnc4sccc34)CC21. The maximum absolute atomic E-state index is 11.5. The van der Waals surface area contributed by atoms with Gasteiger partial charge in [0.1, 0.15) is 23.0 Å². The number of amides is 1. The number of aromatic nitrogens is 2. The van der Waals surface area contributed by atoms with E-state index in [-0.39, 0.29) is 17.9 Å². The van der Waals surface area contributed by atoms with Gasteiger partial charge in [-0.25, -0.2) is 15.4 Å². The Labute approximate surface area is 131 Å². The van der Waals surface area contributed by atoms with Gasteiger partial charge in [0.2, 0.25) is 5.91 Å².